The Hall–Kier alpha value is -2.59. The lowest BCUT2D eigenvalue weighted by Crippen LogP contribution is -2.51. The molecular weight excluding hydrogens is 416 g/mol. The fourth-order valence-corrected chi connectivity index (χ4v) is 4.83. The number of nitrogens with zero attached hydrogens (tertiary/aromatic N) is 2. The largest absolute Gasteiger partial charge is 0.540 e. The quantitative estimate of drug-likeness (QED) is 0.237. The van der Waals surface area contributed by atoms with Crippen LogP contribution in [-0.4, -0.2) is 47.4 Å². The number of carbonyl (C=O) groups excluding carboxylic acids is 1. The van der Waals surface area contributed by atoms with Crippen LogP contribution in [0.15, 0.2) is 58.8 Å². The topological polar surface area (TPSA) is 87.9 Å². The van der Waals surface area contributed by atoms with E-state index in [2.05, 4.69) is 10.2 Å². The molecule has 0 N–H and O–H groups in total. The number of ether oxygens (including phenoxy) is 2. The van der Waals surface area contributed by atoms with Crippen LogP contribution in [0.25, 0.3) is 0 Å². The molecule has 31 heavy (non-hydrogen) atoms. The van der Waals surface area contributed by atoms with Crippen molar-refractivity contribution in [1.82, 2.24) is 0 Å². The van der Waals surface area contributed by atoms with Crippen LogP contribution in [0.3, 0.4) is 0 Å². The molecule has 2 rings (SSSR count). The summed E-state index contributed by atoms with van der Waals surface area (Å²) in [7, 11) is -3.05. The number of rotatable bonds is 13. The Kier molecular flexibility index (Phi) is 10.3. The lowest BCUT2D eigenvalue weighted by Gasteiger charge is -2.27. The van der Waals surface area contributed by atoms with Gasteiger partial charge >= 0.3 is 14.8 Å². The third kappa shape index (κ3) is 7.87. The molecule has 2 aromatic carbocycles. The second-order valence-corrected chi connectivity index (χ2v) is 8.75. The molecule has 9 heteroatoms. The van der Waals surface area contributed by atoms with E-state index in [4.69, 9.17) is 22.8 Å². The second kappa shape index (κ2) is 13.0. The van der Waals surface area contributed by atoms with E-state index in [1.54, 1.807) is 24.3 Å². The summed E-state index contributed by atoms with van der Waals surface area (Å²) in [5.74, 6) is 0.306. The normalized spacial score (nSPS) is 11.6. The maximum absolute atomic E-state index is 12.4. The summed E-state index contributed by atoms with van der Waals surface area (Å²) < 4.78 is 27.9. The number of azo groups is 1. The zero-order valence-electron chi connectivity index (χ0n) is 18.5. The first kappa shape index (κ1) is 24.7. The Morgan fingerprint density at radius 3 is 1.68 bits per heavy atom. The van der Waals surface area contributed by atoms with Crippen molar-refractivity contribution in [2.45, 2.75) is 27.7 Å². The first-order chi connectivity index (χ1) is 15.1. The van der Waals surface area contributed by atoms with Gasteiger partial charge in [-0.05, 0) is 76.2 Å². The highest BCUT2D eigenvalue weighted by Gasteiger charge is 2.42. The number of carbonyl (C=O) groups is 1. The van der Waals surface area contributed by atoms with Crippen molar-refractivity contribution in [3.8, 4) is 5.75 Å². The average Bonchev–Trinajstić information content (AvgIpc) is 2.78. The van der Waals surface area contributed by atoms with Gasteiger partial charge in [0.1, 0.15) is 5.75 Å². The Morgan fingerprint density at radius 1 is 0.742 bits per heavy atom. The van der Waals surface area contributed by atoms with Gasteiger partial charge in [-0.25, -0.2) is 4.79 Å². The van der Waals surface area contributed by atoms with Gasteiger partial charge in [-0.3, -0.25) is 0 Å². The fraction of sp³-hybridized carbons (Fsp3) is 0.409. The van der Waals surface area contributed by atoms with Gasteiger partial charge in [0.2, 0.25) is 0 Å². The summed E-state index contributed by atoms with van der Waals surface area (Å²) >= 11 is 0. The Balaban J connectivity index is 1.97. The maximum Gasteiger partial charge on any atom is 0.540 e. The van der Waals surface area contributed by atoms with Crippen molar-refractivity contribution < 1.29 is 27.5 Å². The van der Waals surface area contributed by atoms with Gasteiger partial charge in [0.15, 0.2) is 6.23 Å². The maximum atomic E-state index is 12.4. The molecule has 0 heterocycles. The van der Waals surface area contributed by atoms with Gasteiger partial charge in [0.25, 0.3) is 0 Å². The van der Waals surface area contributed by atoms with Crippen molar-refractivity contribution in [3.05, 3.63) is 54.1 Å². The molecule has 0 aliphatic carbocycles. The molecule has 0 aliphatic rings. The van der Waals surface area contributed by atoms with Gasteiger partial charge in [0.05, 0.1) is 23.5 Å². The first-order valence-electron chi connectivity index (χ1n) is 10.4. The lowest BCUT2D eigenvalue weighted by molar-refractivity contribution is 0.0247. The number of esters is 1. The Bertz CT molecular complexity index is 810. The van der Waals surface area contributed by atoms with Crippen LogP contribution in [0.1, 0.15) is 38.1 Å². The standard InChI is InChI=1S/C22H30N2O6Si/c1-5-26-21-15-13-20(14-16-21)24-23-19-11-9-18(10-12-19)22(25)27-17-31(28-6-2,29-7-3)30-8-4/h9-16H,5-8,17H2,1-4H3. The average molecular weight is 447 g/mol. The summed E-state index contributed by atoms with van der Waals surface area (Å²) in [5.41, 5.74) is 1.72. The molecule has 0 unspecified atom stereocenters. The van der Waals surface area contributed by atoms with E-state index in [0.29, 0.717) is 43.4 Å². The van der Waals surface area contributed by atoms with Crippen LogP contribution in [0.4, 0.5) is 11.4 Å². The minimum absolute atomic E-state index is 0.0411. The second-order valence-electron chi connectivity index (χ2n) is 6.23. The van der Waals surface area contributed by atoms with Gasteiger partial charge in [-0.2, -0.15) is 10.2 Å². The molecule has 0 radical (unpaired) electrons. The predicted molar refractivity (Wildman–Crippen MR) is 119 cm³/mol. The molecule has 0 bridgehead atoms. The summed E-state index contributed by atoms with van der Waals surface area (Å²) in [6, 6.07) is 14.0. The molecule has 0 aromatic heterocycles. The SMILES string of the molecule is CCOc1ccc(N=Nc2ccc(C(=O)OC[Si](OCC)(OCC)OCC)cc2)cc1. The van der Waals surface area contributed by atoms with E-state index in [-0.39, 0.29) is 6.23 Å². The third-order valence-corrected chi connectivity index (χ3v) is 6.69. The molecule has 2 aromatic rings. The summed E-state index contributed by atoms with van der Waals surface area (Å²) in [6.07, 6.45) is -0.0411. The van der Waals surface area contributed by atoms with E-state index in [9.17, 15) is 4.79 Å². The highest BCUT2D eigenvalue weighted by molar-refractivity contribution is 6.60. The van der Waals surface area contributed by atoms with Crippen molar-refractivity contribution in [2.24, 2.45) is 10.2 Å². The van der Waals surface area contributed by atoms with Crippen molar-refractivity contribution in [2.75, 3.05) is 32.7 Å². The lowest BCUT2D eigenvalue weighted by atomic mass is 10.2. The zero-order chi connectivity index (χ0) is 22.5. The van der Waals surface area contributed by atoms with Crippen LogP contribution >= 0.6 is 0 Å². The van der Waals surface area contributed by atoms with Gasteiger partial charge in [-0.1, -0.05) is 0 Å². The van der Waals surface area contributed by atoms with E-state index in [0.717, 1.165) is 5.75 Å². The van der Waals surface area contributed by atoms with E-state index >= 15 is 0 Å². The molecule has 168 valence electrons. The number of hydrogen-bond donors (Lipinski definition) is 0. The zero-order valence-corrected chi connectivity index (χ0v) is 19.5. The molecule has 0 aliphatic heterocycles. The van der Waals surface area contributed by atoms with Crippen LogP contribution in [0.2, 0.25) is 0 Å². The van der Waals surface area contributed by atoms with Gasteiger partial charge in [0, 0.05) is 19.8 Å². The number of hydrogen-bond acceptors (Lipinski definition) is 8. The minimum atomic E-state index is -3.05. The van der Waals surface area contributed by atoms with Crippen molar-refractivity contribution in [1.29, 1.82) is 0 Å². The van der Waals surface area contributed by atoms with Crippen molar-refractivity contribution in [3.63, 3.8) is 0 Å². The van der Waals surface area contributed by atoms with Crippen LogP contribution < -0.4 is 4.74 Å². The third-order valence-electron chi connectivity index (χ3n) is 4.00. The van der Waals surface area contributed by atoms with Gasteiger partial charge in [-0.15, -0.1) is 0 Å². The molecule has 0 saturated heterocycles. The van der Waals surface area contributed by atoms with Crippen LogP contribution in [0.5, 0.6) is 5.75 Å². The molecule has 0 amide bonds. The Labute approximate surface area is 184 Å². The minimum Gasteiger partial charge on any atom is -0.494 e. The number of benzene rings is 2. The van der Waals surface area contributed by atoms with Crippen LogP contribution in [-0.2, 0) is 18.0 Å². The molecular formula is C22H30N2O6Si. The predicted octanol–water partition coefficient (Wildman–Crippen LogP) is 5.25. The van der Waals surface area contributed by atoms with Crippen molar-refractivity contribution >= 4 is 26.1 Å². The molecule has 0 fully saturated rings. The molecule has 8 nitrogen and oxygen atoms in total. The first-order valence-corrected chi connectivity index (χ1v) is 12.3. The van der Waals surface area contributed by atoms with Gasteiger partial charge < -0.3 is 22.8 Å². The molecule has 0 spiro atoms. The fourth-order valence-electron chi connectivity index (χ4n) is 2.70. The highest BCUT2D eigenvalue weighted by Crippen LogP contribution is 2.22. The summed E-state index contributed by atoms with van der Waals surface area (Å²) in [5, 5.41) is 8.38. The summed E-state index contributed by atoms with van der Waals surface area (Å²) in [4.78, 5) is 12.4. The van der Waals surface area contributed by atoms with Crippen LogP contribution in [0, 0.1) is 0 Å². The monoisotopic (exact) mass is 446 g/mol. The van der Waals surface area contributed by atoms with E-state index < -0.39 is 14.8 Å². The Morgan fingerprint density at radius 2 is 1.23 bits per heavy atom. The molecule has 0 saturated carbocycles. The van der Waals surface area contributed by atoms with E-state index in [1.165, 1.54) is 0 Å². The van der Waals surface area contributed by atoms with E-state index in [1.807, 2.05) is 52.0 Å². The highest BCUT2D eigenvalue weighted by atomic mass is 28.4. The smallest absolute Gasteiger partial charge is 0.494 e. The summed E-state index contributed by atoms with van der Waals surface area (Å²) in [6.45, 7) is 9.34. The molecule has 0 atom stereocenters.